The molecule has 25 heavy (non-hydrogen) atoms. The molecule has 2 aromatic carbocycles. The van der Waals surface area contributed by atoms with Crippen molar-refractivity contribution in [3.8, 4) is 5.75 Å². The average Bonchev–Trinajstić information content (AvgIpc) is 2.66. The highest BCUT2D eigenvalue weighted by atomic mass is 35.5. The first-order valence-corrected chi connectivity index (χ1v) is 9.05. The van der Waals surface area contributed by atoms with E-state index >= 15 is 0 Å². The number of hydrogen-bond acceptors (Lipinski definition) is 4. The molecule has 0 bridgehead atoms. The van der Waals surface area contributed by atoms with Crippen molar-refractivity contribution >= 4 is 11.6 Å². The Labute approximate surface area is 154 Å². The lowest BCUT2D eigenvalue weighted by atomic mass is 10.0. The zero-order valence-corrected chi connectivity index (χ0v) is 15.3. The van der Waals surface area contributed by atoms with Crippen LogP contribution in [-0.2, 0) is 11.3 Å². The van der Waals surface area contributed by atoms with Crippen LogP contribution >= 0.6 is 11.6 Å². The van der Waals surface area contributed by atoms with Crippen molar-refractivity contribution in [2.75, 3.05) is 40.0 Å². The van der Waals surface area contributed by atoms with Gasteiger partial charge in [-0.25, -0.2) is 0 Å². The molecule has 3 rings (SSSR count). The van der Waals surface area contributed by atoms with E-state index in [0.29, 0.717) is 6.04 Å². The number of benzene rings is 2. The first kappa shape index (κ1) is 18.2. The van der Waals surface area contributed by atoms with E-state index in [1.165, 1.54) is 11.1 Å². The van der Waals surface area contributed by atoms with Gasteiger partial charge in [-0.2, -0.15) is 0 Å². The molecule has 1 saturated heterocycles. The predicted octanol–water partition coefficient (Wildman–Crippen LogP) is 3.51. The van der Waals surface area contributed by atoms with Crippen LogP contribution in [0.5, 0.6) is 5.75 Å². The highest BCUT2D eigenvalue weighted by Crippen LogP contribution is 2.24. The summed E-state index contributed by atoms with van der Waals surface area (Å²) in [5.41, 5.74) is 2.49. The van der Waals surface area contributed by atoms with E-state index in [1.807, 2.05) is 30.3 Å². The highest BCUT2D eigenvalue weighted by Gasteiger charge is 2.22. The molecule has 1 N–H and O–H groups in total. The maximum Gasteiger partial charge on any atom is 0.118 e. The summed E-state index contributed by atoms with van der Waals surface area (Å²) in [4.78, 5) is 2.48. The van der Waals surface area contributed by atoms with Gasteiger partial charge in [0.1, 0.15) is 5.75 Å². The van der Waals surface area contributed by atoms with Gasteiger partial charge in [0.2, 0.25) is 0 Å². The van der Waals surface area contributed by atoms with E-state index < -0.39 is 0 Å². The number of nitrogens with one attached hydrogen (secondary N) is 1. The predicted molar refractivity (Wildman–Crippen MR) is 101 cm³/mol. The summed E-state index contributed by atoms with van der Waals surface area (Å²) < 4.78 is 10.8. The minimum Gasteiger partial charge on any atom is -0.497 e. The van der Waals surface area contributed by atoms with Crippen molar-refractivity contribution in [1.82, 2.24) is 10.2 Å². The quantitative estimate of drug-likeness (QED) is 0.819. The van der Waals surface area contributed by atoms with E-state index in [9.17, 15) is 0 Å². The zero-order valence-electron chi connectivity index (χ0n) is 14.6. The van der Waals surface area contributed by atoms with Crippen molar-refractivity contribution in [1.29, 1.82) is 0 Å². The molecule has 0 aliphatic carbocycles. The molecule has 2 aromatic rings. The molecule has 1 atom stereocenters. The SMILES string of the molecule is COc1ccc(C(CNCc2cccc(Cl)c2)N2CCOCC2)cc1. The van der Waals surface area contributed by atoms with E-state index in [4.69, 9.17) is 21.1 Å². The molecule has 0 amide bonds. The fraction of sp³-hybridized carbons (Fsp3) is 0.400. The number of ether oxygens (including phenoxy) is 2. The molecule has 1 fully saturated rings. The van der Waals surface area contributed by atoms with Crippen LogP contribution < -0.4 is 10.1 Å². The number of rotatable bonds is 7. The fourth-order valence-corrected chi connectivity index (χ4v) is 3.39. The number of morpholine rings is 1. The van der Waals surface area contributed by atoms with Crippen molar-refractivity contribution in [2.24, 2.45) is 0 Å². The van der Waals surface area contributed by atoms with Gasteiger partial charge in [-0.1, -0.05) is 35.9 Å². The Morgan fingerprint density at radius 3 is 2.60 bits per heavy atom. The van der Waals surface area contributed by atoms with Gasteiger partial charge in [0.15, 0.2) is 0 Å². The Morgan fingerprint density at radius 1 is 1.16 bits per heavy atom. The minimum absolute atomic E-state index is 0.314. The Balaban J connectivity index is 1.67. The van der Waals surface area contributed by atoms with Crippen LogP contribution in [0.15, 0.2) is 48.5 Å². The van der Waals surface area contributed by atoms with Crippen LogP contribution in [0, 0.1) is 0 Å². The molecule has 1 aliphatic rings. The summed E-state index contributed by atoms with van der Waals surface area (Å²) in [7, 11) is 1.70. The van der Waals surface area contributed by atoms with Crippen LogP contribution in [-0.4, -0.2) is 44.9 Å². The number of halogens is 1. The van der Waals surface area contributed by atoms with E-state index in [-0.39, 0.29) is 0 Å². The second-order valence-corrected chi connectivity index (χ2v) is 6.63. The lowest BCUT2D eigenvalue weighted by Crippen LogP contribution is -2.42. The molecule has 0 saturated carbocycles. The first-order chi connectivity index (χ1) is 12.3. The Bertz CT molecular complexity index is 657. The average molecular weight is 361 g/mol. The minimum atomic E-state index is 0.314. The normalized spacial score (nSPS) is 16.6. The first-order valence-electron chi connectivity index (χ1n) is 8.67. The van der Waals surface area contributed by atoms with Crippen molar-refractivity contribution in [2.45, 2.75) is 12.6 Å². The second-order valence-electron chi connectivity index (χ2n) is 6.20. The Kier molecular flexibility index (Phi) is 6.70. The molecule has 134 valence electrons. The zero-order chi connectivity index (χ0) is 17.5. The van der Waals surface area contributed by atoms with Gasteiger partial charge in [-0.15, -0.1) is 0 Å². The highest BCUT2D eigenvalue weighted by molar-refractivity contribution is 6.30. The molecule has 5 heteroatoms. The van der Waals surface area contributed by atoms with E-state index in [2.05, 4.69) is 28.4 Å². The molecular weight excluding hydrogens is 336 g/mol. The summed E-state index contributed by atoms with van der Waals surface area (Å²) in [6.07, 6.45) is 0. The lowest BCUT2D eigenvalue weighted by Gasteiger charge is -2.35. The smallest absolute Gasteiger partial charge is 0.118 e. The molecule has 1 heterocycles. The molecule has 1 aliphatic heterocycles. The summed E-state index contributed by atoms with van der Waals surface area (Å²) in [6.45, 7) is 5.17. The summed E-state index contributed by atoms with van der Waals surface area (Å²) in [6, 6.07) is 16.7. The van der Waals surface area contributed by atoms with Crippen LogP contribution in [0.25, 0.3) is 0 Å². The Morgan fingerprint density at radius 2 is 1.92 bits per heavy atom. The second kappa shape index (κ2) is 9.20. The maximum atomic E-state index is 6.07. The van der Waals surface area contributed by atoms with Gasteiger partial charge in [0.25, 0.3) is 0 Å². The van der Waals surface area contributed by atoms with Gasteiger partial charge in [0, 0.05) is 37.2 Å². The third-order valence-corrected chi connectivity index (χ3v) is 4.78. The van der Waals surface area contributed by atoms with Crippen molar-refractivity contribution < 1.29 is 9.47 Å². The molecular formula is C20H25ClN2O2. The third-order valence-electron chi connectivity index (χ3n) is 4.54. The van der Waals surface area contributed by atoms with Gasteiger partial charge in [-0.05, 0) is 35.4 Å². The van der Waals surface area contributed by atoms with Crippen LogP contribution in [0.2, 0.25) is 5.02 Å². The van der Waals surface area contributed by atoms with E-state index in [1.54, 1.807) is 7.11 Å². The van der Waals surface area contributed by atoms with Crippen molar-refractivity contribution in [3.63, 3.8) is 0 Å². The van der Waals surface area contributed by atoms with Crippen molar-refractivity contribution in [3.05, 3.63) is 64.7 Å². The van der Waals surface area contributed by atoms with Crippen LogP contribution in [0.1, 0.15) is 17.2 Å². The summed E-state index contributed by atoms with van der Waals surface area (Å²) in [5, 5.41) is 4.36. The summed E-state index contributed by atoms with van der Waals surface area (Å²) >= 11 is 6.07. The fourth-order valence-electron chi connectivity index (χ4n) is 3.17. The molecule has 4 nitrogen and oxygen atoms in total. The number of nitrogens with zero attached hydrogens (tertiary/aromatic N) is 1. The monoisotopic (exact) mass is 360 g/mol. The van der Waals surface area contributed by atoms with Gasteiger partial charge in [0.05, 0.1) is 20.3 Å². The summed E-state index contributed by atoms with van der Waals surface area (Å²) in [5.74, 6) is 0.886. The number of methoxy groups -OCH3 is 1. The van der Waals surface area contributed by atoms with Crippen LogP contribution in [0.3, 0.4) is 0 Å². The molecule has 1 unspecified atom stereocenters. The molecule has 0 aromatic heterocycles. The Hall–Kier alpha value is -1.59. The van der Waals surface area contributed by atoms with Gasteiger partial charge < -0.3 is 14.8 Å². The molecule has 0 spiro atoms. The lowest BCUT2D eigenvalue weighted by molar-refractivity contribution is 0.0161. The van der Waals surface area contributed by atoms with Gasteiger partial charge in [-0.3, -0.25) is 4.90 Å². The molecule has 0 radical (unpaired) electrons. The topological polar surface area (TPSA) is 33.7 Å². The van der Waals surface area contributed by atoms with E-state index in [0.717, 1.165) is 50.2 Å². The van der Waals surface area contributed by atoms with Crippen LogP contribution in [0.4, 0.5) is 0 Å². The van der Waals surface area contributed by atoms with Gasteiger partial charge >= 0.3 is 0 Å². The third kappa shape index (κ3) is 5.19. The largest absolute Gasteiger partial charge is 0.497 e. The number of hydrogen-bond donors (Lipinski definition) is 1. The maximum absolute atomic E-state index is 6.07. The standard InChI is InChI=1S/C20H25ClN2O2/c1-24-19-7-5-17(6-8-19)20(23-9-11-25-12-10-23)15-22-14-16-3-2-4-18(21)13-16/h2-8,13,20,22H,9-12,14-15H2,1H3.